The van der Waals surface area contributed by atoms with Gasteiger partial charge in [0.1, 0.15) is 12.1 Å². The number of carbonyl (C=O) groups is 3. The monoisotopic (exact) mass is 737 g/mol. The number of rotatable bonds is 13. The number of nitrogens with zero attached hydrogens (tertiary/aromatic N) is 2. The van der Waals surface area contributed by atoms with E-state index in [4.69, 9.17) is 4.84 Å². The molecule has 7 rings (SSSR count). The van der Waals surface area contributed by atoms with Crippen molar-refractivity contribution in [2.24, 2.45) is 29.1 Å². The molecule has 8 atom stereocenters. The van der Waals surface area contributed by atoms with Gasteiger partial charge in [0.2, 0.25) is 11.8 Å². The molecular formula is C44H59N5O5. The molecule has 1 aliphatic heterocycles. The van der Waals surface area contributed by atoms with E-state index >= 15 is 0 Å². The van der Waals surface area contributed by atoms with Gasteiger partial charge in [-0.15, -0.1) is 0 Å². The van der Waals surface area contributed by atoms with E-state index in [1.54, 1.807) is 12.0 Å². The Morgan fingerprint density at radius 2 is 1.76 bits per heavy atom. The highest BCUT2D eigenvalue weighted by atomic mass is 16.7. The van der Waals surface area contributed by atoms with Crippen LogP contribution < -0.4 is 20.9 Å². The second-order valence-corrected chi connectivity index (χ2v) is 16.7. The number of carbonyl (C=O) groups excluding carboxylic acids is 3. The normalized spacial score (nSPS) is 26.4. The van der Waals surface area contributed by atoms with Gasteiger partial charge in [0, 0.05) is 57.3 Å². The Balaban J connectivity index is 1.26. The molecule has 0 aromatic heterocycles. The summed E-state index contributed by atoms with van der Waals surface area (Å²) in [6.45, 7) is 13.1. The zero-order valence-electron chi connectivity index (χ0n) is 33.2. The molecule has 290 valence electrons. The molecule has 4 aliphatic rings. The maximum atomic E-state index is 14.4. The predicted octanol–water partition coefficient (Wildman–Crippen LogP) is 5.50. The van der Waals surface area contributed by atoms with Gasteiger partial charge in [0.15, 0.2) is 0 Å². The first-order valence-electron chi connectivity index (χ1n) is 19.5. The first-order chi connectivity index (χ1) is 25.6. The highest BCUT2D eigenvalue weighted by Gasteiger charge is 2.57. The van der Waals surface area contributed by atoms with Gasteiger partial charge in [0.25, 0.3) is 5.91 Å². The number of hydrogen-bond acceptors (Lipinski definition) is 7. The highest BCUT2D eigenvalue weighted by Crippen LogP contribution is 2.61. The molecule has 4 N–H and O–H groups in total. The van der Waals surface area contributed by atoms with E-state index in [9.17, 15) is 19.5 Å². The molecule has 1 saturated heterocycles. The quantitative estimate of drug-likeness (QED) is 0.183. The minimum Gasteiger partial charge on any atom is -0.393 e. The number of hydrogen-bond donors (Lipinski definition) is 4. The lowest BCUT2D eigenvalue weighted by Crippen LogP contribution is -2.62. The van der Waals surface area contributed by atoms with Crippen LogP contribution in [0.1, 0.15) is 74.5 Å². The third-order valence-electron chi connectivity index (χ3n) is 12.8. The fourth-order valence-electron chi connectivity index (χ4n) is 9.31. The van der Waals surface area contributed by atoms with Crippen molar-refractivity contribution in [1.29, 1.82) is 0 Å². The molecular weight excluding hydrogens is 679 g/mol. The van der Waals surface area contributed by atoms with Gasteiger partial charge >= 0.3 is 0 Å². The predicted molar refractivity (Wildman–Crippen MR) is 213 cm³/mol. The van der Waals surface area contributed by atoms with Gasteiger partial charge in [-0.25, -0.2) is 0 Å². The Kier molecular flexibility index (Phi) is 11.9. The van der Waals surface area contributed by atoms with Crippen LogP contribution in [-0.4, -0.2) is 79.4 Å². The second-order valence-electron chi connectivity index (χ2n) is 16.7. The summed E-state index contributed by atoms with van der Waals surface area (Å²) >= 11 is 0. The van der Waals surface area contributed by atoms with Crippen LogP contribution in [0.15, 0.2) is 66.7 Å². The van der Waals surface area contributed by atoms with Crippen molar-refractivity contribution in [2.75, 3.05) is 32.1 Å². The van der Waals surface area contributed by atoms with Crippen molar-refractivity contribution in [1.82, 2.24) is 21.0 Å². The number of amides is 3. The van der Waals surface area contributed by atoms with Crippen molar-refractivity contribution in [3.63, 3.8) is 0 Å². The van der Waals surface area contributed by atoms with Gasteiger partial charge in [-0.1, -0.05) is 69.3 Å². The van der Waals surface area contributed by atoms with E-state index < -0.39 is 24.2 Å². The molecule has 0 radical (unpaired) electrons. The largest absolute Gasteiger partial charge is 0.393 e. The maximum absolute atomic E-state index is 14.4. The summed E-state index contributed by atoms with van der Waals surface area (Å²) in [6, 6.07) is 21.4. The van der Waals surface area contributed by atoms with Gasteiger partial charge in [-0.05, 0) is 102 Å². The molecule has 1 heterocycles. The molecule has 0 spiro atoms. The van der Waals surface area contributed by atoms with Crippen LogP contribution in [0.25, 0.3) is 11.1 Å². The van der Waals surface area contributed by atoms with Crippen LogP contribution in [0.4, 0.5) is 5.69 Å². The van der Waals surface area contributed by atoms with Crippen LogP contribution in [0.5, 0.6) is 0 Å². The number of nitrogens with one attached hydrogen (secondary N) is 3. The number of aliphatic hydroxyl groups excluding tert-OH is 1. The SMILES string of the molecule is CC(=O)NC[C@@H]1ON(Cc2cccc(-c3cc(C(=O)NCCc4ccccc4)cc(N(C)C)c3)c2C)[C@H](C(=O)N[C@H]2C[C@@H]3C[C@H]([C@@H]2C)C3(C)C)[C@@H]1[C@H](C)O. The summed E-state index contributed by atoms with van der Waals surface area (Å²) in [5.41, 5.74) is 6.76. The van der Waals surface area contributed by atoms with Crippen LogP contribution in [0.3, 0.4) is 0 Å². The lowest BCUT2D eigenvalue weighted by atomic mass is 9.45. The van der Waals surface area contributed by atoms with Crippen molar-refractivity contribution in [3.8, 4) is 11.1 Å². The van der Waals surface area contributed by atoms with Gasteiger partial charge in [-0.3, -0.25) is 19.2 Å². The van der Waals surface area contributed by atoms with Crippen LogP contribution in [0.2, 0.25) is 0 Å². The Morgan fingerprint density at radius 3 is 2.41 bits per heavy atom. The Morgan fingerprint density at radius 1 is 1.02 bits per heavy atom. The molecule has 3 aromatic rings. The molecule has 3 amide bonds. The number of hydroxylamine groups is 2. The summed E-state index contributed by atoms with van der Waals surface area (Å²) in [7, 11) is 3.92. The fourth-order valence-corrected chi connectivity index (χ4v) is 9.31. The number of fused-ring (bicyclic) bond motifs is 2. The lowest BCUT2D eigenvalue weighted by Gasteiger charge is -2.62. The first-order valence-corrected chi connectivity index (χ1v) is 19.5. The van der Waals surface area contributed by atoms with Gasteiger partial charge in [0.05, 0.1) is 12.6 Å². The fraction of sp³-hybridized carbons (Fsp3) is 0.523. The summed E-state index contributed by atoms with van der Waals surface area (Å²) in [5, 5.41) is 22.2. The molecule has 2 bridgehead atoms. The van der Waals surface area contributed by atoms with Crippen LogP contribution >= 0.6 is 0 Å². The second kappa shape index (κ2) is 16.2. The lowest BCUT2D eigenvalue weighted by molar-refractivity contribution is -0.177. The topological polar surface area (TPSA) is 123 Å². The van der Waals surface area contributed by atoms with Crippen molar-refractivity contribution in [3.05, 3.63) is 89.0 Å². The van der Waals surface area contributed by atoms with E-state index in [1.165, 1.54) is 18.9 Å². The maximum Gasteiger partial charge on any atom is 0.251 e. The first kappa shape index (κ1) is 39.4. The number of benzene rings is 3. The third kappa shape index (κ3) is 8.21. The van der Waals surface area contributed by atoms with Crippen LogP contribution in [0, 0.1) is 36.0 Å². The average molecular weight is 738 g/mol. The van der Waals surface area contributed by atoms with E-state index in [0.29, 0.717) is 29.9 Å². The molecule has 3 aromatic carbocycles. The van der Waals surface area contributed by atoms with E-state index in [2.05, 4.69) is 67.9 Å². The molecule has 10 heteroatoms. The molecule has 0 unspecified atom stereocenters. The number of anilines is 1. The molecule has 54 heavy (non-hydrogen) atoms. The van der Waals surface area contributed by atoms with Crippen LogP contribution in [-0.2, 0) is 27.4 Å². The minimum absolute atomic E-state index is 0.0546. The smallest absolute Gasteiger partial charge is 0.251 e. The van der Waals surface area contributed by atoms with Crippen molar-refractivity contribution in [2.45, 2.75) is 91.6 Å². The summed E-state index contributed by atoms with van der Waals surface area (Å²) in [5.74, 6) is 0.437. The zero-order valence-corrected chi connectivity index (χ0v) is 33.2. The van der Waals surface area contributed by atoms with Gasteiger partial charge in [-0.2, -0.15) is 5.06 Å². The van der Waals surface area contributed by atoms with Crippen molar-refractivity contribution < 1.29 is 24.3 Å². The molecule has 3 aliphatic carbocycles. The summed E-state index contributed by atoms with van der Waals surface area (Å²) < 4.78 is 0. The van der Waals surface area contributed by atoms with E-state index in [-0.39, 0.29) is 42.3 Å². The minimum atomic E-state index is -0.862. The average Bonchev–Trinajstić information content (AvgIpc) is 3.50. The third-order valence-corrected chi connectivity index (χ3v) is 12.8. The molecule has 10 nitrogen and oxygen atoms in total. The zero-order chi connectivity index (χ0) is 38.9. The Labute approximate surface area is 321 Å². The van der Waals surface area contributed by atoms with Gasteiger partial charge < -0.3 is 26.0 Å². The summed E-state index contributed by atoms with van der Waals surface area (Å²) in [6.07, 6.45) is 1.44. The Bertz CT molecular complexity index is 1830. The van der Waals surface area contributed by atoms with Crippen molar-refractivity contribution >= 4 is 23.4 Å². The molecule has 3 saturated carbocycles. The standard InChI is InChI=1S/C44H59N5O5/c1-26-31(15-12-16-36(26)32-19-33(21-35(20-32)48(7)8)42(52)45-18-17-30-13-10-9-11-14-30)25-49-41(40(28(3)50)39(54-49)24-46-29(4)51)43(53)47-38-23-34-22-37(27(38)2)44(34,5)6/h9-16,19-21,27-28,34,37-41,50H,17-18,22-25H2,1-8H3,(H,45,52)(H,46,51)(H,47,53)/t27-,28-,34-,37+,38-,39-,40+,41-/m0/s1. The Hall–Kier alpha value is -4.25. The number of aliphatic hydroxyl groups is 1. The molecule has 4 fully saturated rings. The summed E-state index contributed by atoms with van der Waals surface area (Å²) in [4.78, 5) is 48.3. The highest BCUT2D eigenvalue weighted by molar-refractivity contribution is 5.97. The van der Waals surface area contributed by atoms with E-state index in [1.807, 2.05) is 61.5 Å². The van der Waals surface area contributed by atoms with E-state index in [0.717, 1.165) is 40.8 Å².